The molecule has 0 amide bonds. The van der Waals surface area contributed by atoms with Gasteiger partial charge in [0.15, 0.2) is 17.2 Å². The van der Waals surface area contributed by atoms with Crippen molar-refractivity contribution in [1.29, 1.82) is 0 Å². The van der Waals surface area contributed by atoms with E-state index in [4.69, 9.17) is 27.2 Å². The Hall–Kier alpha value is -4.28. The summed E-state index contributed by atoms with van der Waals surface area (Å²) in [5.41, 5.74) is 9.44. The third-order valence-electron chi connectivity index (χ3n) is 6.66. The first kappa shape index (κ1) is 26.0. The summed E-state index contributed by atoms with van der Waals surface area (Å²) in [5, 5.41) is 7.45. The van der Waals surface area contributed by atoms with E-state index in [-0.39, 0.29) is 23.2 Å². The van der Waals surface area contributed by atoms with E-state index in [1.165, 1.54) is 28.1 Å². The molecule has 0 radical (unpaired) electrons. The fourth-order valence-corrected chi connectivity index (χ4v) is 6.03. The fraction of sp³-hybridized carbons (Fsp3) is 0.172. The van der Waals surface area contributed by atoms with Crippen molar-refractivity contribution in [2.24, 2.45) is 0 Å². The Labute approximate surface area is 237 Å². The predicted octanol–water partition coefficient (Wildman–Crippen LogP) is 6.61. The van der Waals surface area contributed by atoms with Gasteiger partial charge in [0.05, 0.1) is 23.1 Å². The molecule has 0 aliphatic carbocycles. The third-order valence-corrected chi connectivity index (χ3v) is 7.95. The maximum atomic E-state index is 15.0. The molecule has 0 fully saturated rings. The van der Waals surface area contributed by atoms with Crippen LogP contribution >= 0.6 is 22.9 Å². The van der Waals surface area contributed by atoms with Gasteiger partial charge in [-0.2, -0.15) is 5.10 Å². The topological polar surface area (TPSA) is 100 Å². The number of nitrogen functional groups attached to an aromatic ring is 1. The third kappa shape index (κ3) is 4.29. The Kier molecular flexibility index (Phi) is 6.52. The number of aromatic nitrogens is 5. The summed E-state index contributed by atoms with van der Waals surface area (Å²) in [5.74, 6) is -0.155. The summed E-state index contributed by atoms with van der Waals surface area (Å²) >= 11 is 7.77. The van der Waals surface area contributed by atoms with Crippen LogP contribution < -0.4 is 16.0 Å². The number of halogens is 2. The standard InChI is InChI=1S/C29H24ClFN6O2S/c1-15(2)39-21-10-9-18(11-20(21)31)26-25-27(32)33-14-34-28(25)37(35-26)16(3)19-12-23-36(22(30)13-40-23)29(38)24(19)17-7-5-4-6-8-17/h4-16H,1-3H3,(H2,32,33,34)/t16-/m0/s1. The lowest BCUT2D eigenvalue weighted by molar-refractivity contribution is 0.231. The normalized spacial score (nSPS) is 12.4. The number of benzene rings is 2. The summed E-state index contributed by atoms with van der Waals surface area (Å²) in [7, 11) is 0. The van der Waals surface area contributed by atoms with Crippen molar-refractivity contribution in [2.75, 3.05) is 5.73 Å². The molecule has 0 unspecified atom stereocenters. The second kappa shape index (κ2) is 10.0. The average Bonchev–Trinajstić information content (AvgIpc) is 3.51. The van der Waals surface area contributed by atoms with Gasteiger partial charge in [-0.25, -0.2) is 19.0 Å². The van der Waals surface area contributed by atoms with Crippen molar-refractivity contribution in [3.63, 3.8) is 0 Å². The van der Waals surface area contributed by atoms with E-state index in [1.807, 2.05) is 57.2 Å². The Bertz CT molecular complexity index is 1950. The molecule has 8 nitrogen and oxygen atoms in total. The van der Waals surface area contributed by atoms with Gasteiger partial charge in [-0.1, -0.05) is 41.9 Å². The van der Waals surface area contributed by atoms with Crippen molar-refractivity contribution < 1.29 is 9.13 Å². The first-order valence-electron chi connectivity index (χ1n) is 12.6. The predicted molar refractivity (Wildman–Crippen MR) is 157 cm³/mol. The van der Waals surface area contributed by atoms with E-state index < -0.39 is 11.9 Å². The minimum absolute atomic E-state index is 0.149. The van der Waals surface area contributed by atoms with Crippen LogP contribution in [0.5, 0.6) is 5.75 Å². The van der Waals surface area contributed by atoms with E-state index >= 15 is 0 Å². The van der Waals surface area contributed by atoms with Crippen LogP contribution in [0.3, 0.4) is 0 Å². The molecule has 0 aliphatic heterocycles. The molecule has 4 heterocycles. The van der Waals surface area contributed by atoms with Gasteiger partial charge >= 0.3 is 0 Å². The van der Waals surface area contributed by atoms with Gasteiger partial charge in [0.25, 0.3) is 5.56 Å². The molecular formula is C29H24ClFN6O2S. The van der Waals surface area contributed by atoms with E-state index in [9.17, 15) is 9.18 Å². The van der Waals surface area contributed by atoms with Gasteiger partial charge in [-0.05, 0) is 56.2 Å². The highest BCUT2D eigenvalue weighted by Gasteiger charge is 2.26. The maximum absolute atomic E-state index is 15.0. The number of anilines is 1. The second-order valence-corrected chi connectivity index (χ2v) is 10.9. The highest BCUT2D eigenvalue weighted by atomic mass is 35.5. The van der Waals surface area contributed by atoms with Crippen LogP contribution in [0, 0.1) is 5.82 Å². The zero-order valence-corrected chi connectivity index (χ0v) is 23.4. The Morgan fingerprint density at radius 1 is 1.05 bits per heavy atom. The maximum Gasteiger partial charge on any atom is 0.265 e. The molecule has 1 atom stereocenters. The monoisotopic (exact) mass is 574 g/mol. The summed E-state index contributed by atoms with van der Waals surface area (Å²) in [4.78, 5) is 23.2. The molecule has 0 aliphatic rings. The molecule has 0 bridgehead atoms. The molecule has 6 aromatic rings. The lowest BCUT2D eigenvalue weighted by atomic mass is 9.97. The van der Waals surface area contributed by atoms with Gasteiger partial charge in [0, 0.05) is 10.9 Å². The molecular weight excluding hydrogens is 551 g/mol. The molecule has 202 valence electrons. The van der Waals surface area contributed by atoms with Gasteiger partial charge in [-0.15, -0.1) is 11.3 Å². The van der Waals surface area contributed by atoms with Crippen LogP contribution in [-0.4, -0.2) is 30.3 Å². The number of fused-ring (bicyclic) bond motifs is 2. The largest absolute Gasteiger partial charge is 0.488 e. The first-order chi connectivity index (χ1) is 19.2. The SMILES string of the molecule is CC(C)Oc1ccc(-c2nn([C@@H](C)c3cc4scc(Cl)n4c(=O)c3-c3ccccc3)c3ncnc(N)c23)cc1F. The summed E-state index contributed by atoms with van der Waals surface area (Å²) in [6, 6.07) is 15.6. The Morgan fingerprint density at radius 2 is 1.82 bits per heavy atom. The molecule has 0 saturated heterocycles. The van der Waals surface area contributed by atoms with Crippen LogP contribution in [0.15, 0.2) is 71.1 Å². The number of pyridine rings is 1. The van der Waals surface area contributed by atoms with E-state index in [0.29, 0.717) is 37.8 Å². The van der Waals surface area contributed by atoms with E-state index in [0.717, 1.165) is 11.1 Å². The number of nitrogens with two attached hydrogens (primary N) is 1. The van der Waals surface area contributed by atoms with Crippen LogP contribution in [0.2, 0.25) is 5.15 Å². The van der Waals surface area contributed by atoms with Crippen LogP contribution in [0.4, 0.5) is 10.2 Å². The number of ether oxygens (including phenoxy) is 1. The first-order valence-corrected chi connectivity index (χ1v) is 13.8. The molecule has 2 N–H and O–H groups in total. The van der Waals surface area contributed by atoms with Crippen LogP contribution in [0.1, 0.15) is 32.4 Å². The number of nitrogens with zero attached hydrogens (tertiary/aromatic N) is 5. The summed E-state index contributed by atoms with van der Waals surface area (Å²) in [6.45, 7) is 5.60. The van der Waals surface area contributed by atoms with Gasteiger partial charge in [0.2, 0.25) is 0 Å². The molecule has 40 heavy (non-hydrogen) atoms. The molecule has 0 spiro atoms. The lowest BCUT2D eigenvalue weighted by Gasteiger charge is -2.18. The molecule has 2 aromatic carbocycles. The van der Waals surface area contributed by atoms with Crippen molar-refractivity contribution in [3.8, 4) is 28.1 Å². The Morgan fingerprint density at radius 3 is 2.55 bits per heavy atom. The van der Waals surface area contributed by atoms with Crippen LogP contribution in [-0.2, 0) is 0 Å². The summed E-state index contributed by atoms with van der Waals surface area (Å²) < 4.78 is 23.8. The van der Waals surface area contributed by atoms with Crippen molar-refractivity contribution in [1.82, 2.24) is 24.1 Å². The van der Waals surface area contributed by atoms with Crippen LogP contribution in [0.25, 0.3) is 38.2 Å². The minimum atomic E-state index is -0.517. The van der Waals surface area contributed by atoms with Crippen molar-refractivity contribution >= 4 is 44.6 Å². The molecule has 11 heteroatoms. The Balaban J connectivity index is 1.58. The zero-order chi connectivity index (χ0) is 28.1. The van der Waals surface area contributed by atoms with Gasteiger partial charge in [0.1, 0.15) is 27.8 Å². The molecule has 6 rings (SSSR count). The number of rotatable bonds is 6. The quantitative estimate of drug-likeness (QED) is 0.240. The molecule has 4 aromatic heterocycles. The zero-order valence-electron chi connectivity index (χ0n) is 21.8. The average molecular weight is 575 g/mol. The minimum Gasteiger partial charge on any atom is -0.488 e. The highest BCUT2D eigenvalue weighted by molar-refractivity contribution is 7.16. The number of thiazole rings is 1. The molecule has 0 saturated carbocycles. The smallest absolute Gasteiger partial charge is 0.265 e. The van der Waals surface area contributed by atoms with Crippen molar-refractivity contribution in [2.45, 2.75) is 32.9 Å². The van der Waals surface area contributed by atoms with Gasteiger partial charge < -0.3 is 10.5 Å². The van der Waals surface area contributed by atoms with Crippen molar-refractivity contribution in [3.05, 3.63) is 93.2 Å². The number of hydrogen-bond acceptors (Lipinski definition) is 7. The highest BCUT2D eigenvalue weighted by Crippen LogP contribution is 2.37. The number of hydrogen-bond donors (Lipinski definition) is 1. The fourth-order valence-electron chi connectivity index (χ4n) is 4.88. The van der Waals surface area contributed by atoms with E-state index in [2.05, 4.69) is 9.97 Å². The summed E-state index contributed by atoms with van der Waals surface area (Å²) in [6.07, 6.45) is 1.19. The van der Waals surface area contributed by atoms with Gasteiger partial charge in [-0.3, -0.25) is 9.20 Å². The van der Waals surface area contributed by atoms with E-state index in [1.54, 1.807) is 22.2 Å². The second-order valence-electron chi connectivity index (χ2n) is 9.62. The lowest BCUT2D eigenvalue weighted by Crippen LogP contribution is -2.20.